The first-order valence-corrected chi connectivity index (χ1v) is 8.11. The number of hydrogen-bond donors (Lipinski definition) is 1. The van der Waals surface area contributed by atoms with Crippen molar-refractivity contribution in [3.63, 3.8) is 0 Å². The van der Waals surface area contributed by atoms with Gasteiger partial charge in [0.15, 0.2) is 11.6 Å². The van der Waals surface area contributed by atoms with Gasteiger partial charge in [0.2, 0.25) is 11.8 Å². The van der Waals surface area contributed by atoms with Gasteiger partial charge in [0.25, 0.3) is 0 Å². The number of nitrogens with one attached hydrogen (secondary N) is 1. The molecule has 2 amide bonds. The second-order valence-corrected chi connectivity index (χ2v) is 6.47. The van der Waals surface area contributed by atoms with E-state index in [1.54, 1.807) is 0 Å². The summed E-state index contributed by atoms with van der Waals surface area (Å²) in [5.74, 6) is -6.51. The van der Waals surface area contributed by atoms with E-state index in [9.17, 15) is 31.5 Å². The van der Waals surface area contributed by atoms with Crippen molar-refractivity contribution in [2.75, 3.05) is 18.9 Å². The zero-order valence-electron chi connectivity index (χ0n) is 14.7. The van der Waals surface area contributed by atoms with Gasteiger partial charge in [-0.2, -0.15) is 18.3 Å². The number of amides is 2. The van der Waals surface area contributed by atoms with Crippen molar-refractivity contribution < 1.29 is 31.5 Å². The molecule has 1 aromatic carbocycles. The maximum atomic E-state index is 13.8. The number of alkyl halides is 3. The zero-order valence-corrected chi connectivity index (χ0v) is 14.7. The number of nitrogens with zero attached hydrogens (tertiary/aromatic N) is 3. The average molecular weight is 402 g/mol. The zero-order chi connectivity index (χ0) is 20.8. The summed E-state index contributed by atoms with van der Waals surface area (Å²) in [6.07, 6.45) is -4.66. The van der Waals surface area contributed by atoms with Gasteiger partial charge in [0.05, 0.1) is 11.4 Å². The average Bonchev–Trinajstić information content (AvgIpc) is 3.12. The van der Waals surface area contributed by atoms with E-state index in [4.69, 9.17) is 0 Å². The molecule has 1 aliphatic heterocycles. The lowest BCUT2D eigenvalue weighted by molar-refractivity contribution is -0.143. The fraction of sp³-hybridized carbons (Fsp3) is 0.353. The molecule has 0 spiro atoms. The summed E-state index contributed by atoms with van der Waals surface area (Å²) in [5, 5.41) is 5.94. The summed E-state index contributed by atoms with van der Waals surface area (Å²) >= 11 is 0. The number of aromatic nitrogens is 2. The van der Waals surface area contributed by atoms with Crippen LogP contribution in [0.1, 0.15) is 17.3 Å². The smallest absolute Gasteiger partial charge is 0.344 e. The predicted molar refractivity (Wildman–Crippen MR) is 87.1 cm³/mol. The maximum Gasteiger partial charge on any atom is 0.433 e. The predicted octanol–water partition coefficient (Wildman–Crippen LogP) is 2.53. The fourth-order valence-electron chi connectivity index (χ4n) is 3.21. The van der Waals surface area contributed by atoms with Crippen molar-refractivity contribution in [1.82, 2.24) is 14.7 Å². The van der Waals surface area contributed by atoms with E-state index in [2.05, 4.69) is 10.4 Å². The monoisotopic (exact) mass is 402 g/mol. The molecule has 2 unspecified atom stereocenters. The summed E-state index contributed by atoms with van der Waals surface area (Å²) in [6.45, 7) is -0.0448. The molecule has 1 aliphatic rings. The molecule has 11 heteroatoms. The van der Waals surface area contributed by atoms with Gasteiger partial charge in [-0.05, 0) is 18.2 Å². The Morgan fingerprint density at radius 1 is 1.25 bits per heavy atom. The van der Waals surface area contributed by atoms with Crippen LogP contribution in [0.25, 0.3) is 0 Å². The third kappa shape index (κ3) is 3.43. The SMILES string of the molecule is CN1CC(c2cc(C(F)(F)F)n(C)n2)C(C(=O)Nc2cccc(F)c2F)C1=O. The van der Waals surface area contributed by atoms with E-state index in [0.29, 0.717) is 4.68 Å². The molecule has 0 radical (unpaired) electrons. The van der Waals surface area contributed by atoms with Crippen LogP contribution in [0.2, 0.25) is 0 Å². The number of aryl methyl sites for hydroxylation is 1. The normalized spacial score (nSPS) is 20.0. The van der Waals surface area contributed by atoms with E-state index in [0.717, 1.165) is 25.2 Å². The number of likely N-dealkylation sites (tertiary alicyclic amines) is 1. The molecule has 1 fully saturated rings. The van der Waals surface area contributed by atoms with E-state index in [1.807, 2.05) is 0 Å². The summed E-state index contributed by atoms with van der Waals surface area (Å²) in [6, 6.07) is 3.91. The molecule has 1 N–H and O–H groups in total. The van der Waals surface area contributed by atoms with Gasteiger partial charge in [-0.1, -0.05) is 6.07 Å². The first-order chi connectivity index (χ1) is 13.0. The first-order valence-electron chi connectivity index (χ1n) is 8.11. The number of benzene rings is 1. The van der Waals surface area contributed by atoms with E-state index < -0.39 is 52.8 Å². The molecule has 1 saturated heterocycles. The van der Waals surface area contributed by atoms with Gasteiger partial charge in [0.1, 0.15) is 11.6 Å². The quantitative estimate of drug-likeness (QED) is 0.634. The Balaban J connectivity index is 1.93. The first kappa shape index (κ1) is 19.8. The summed E-state index contributed by atoms with van der Waals surface area (Å²) in [5.41, 5.74) is -1.59. The highest BCUT2D eigenvalue weighted by molar-refractivity contribution is 6.08. The van der Waals surface area contributed by atoms with Gasteiger partial charge < -0.3 is 10.2 Å². The molecule has 0 bridgehead atoms. The van der Waals surface area contributed by atoms with Crippen molar-refractivity contribution in [1.29, 1.82) is 0 Å². The number of likely N-dealkylation sites (N-methyl/N-ethyl adjacent to an activating group) is 1. The molecule has 3 rings (SSSR count). The minimum Gasteiger partial charge on any atom is -0.344 e. The van der Waals surface area contributed by atoms with Crippen molar-refractivity contribution in [2.24, 2.45) is 13.0 Å². The Hall–Kier alpha value is -2.98. The van der Waals surface area contributed by atoms with Crippen LogP contribution in [0.15, 0.2) is 24.3 Å². The molecule has 1 aromatic heterocycles. The molecule has 2 aromatic rings. The maximum absolute atomic E-state index is 13.8. The van der Waals surface area contributed by atoms with Crippen LogP contribution in [0, 0.1) is 17.6 Å². The highest BCUT2D eigenvalue weighted by atomic mass is 19.4. The van der Waals surface area contributed by atoms with Crippen molar-refractivity contribution in [3.8, 4) is 0 Å². The van der Waals surface area contributed by atoms with Gasteiger partial charge in [0, 0.05) is 26.6 Å². The van der Waals surface area contributed by atoms with Crippen molar-refractivity contribution >= 4 is 17.5 Å². The number of anilines is 1. The number of rotatable bonds is 3. The Morgan fingerprint density at radius 3 is 2.54 bits per heavy atom. The van der Waals surface area contributed by atoms with Crippen LogP contribution in [0.4, 0.5) is 27.6 Å². The molecular formula is C17H15F5N4O2. The van der Waals surface area contributed by atoms with Gasteiger partial charge >= 0.3 is 6.18 Å². The Morgan fingerprint density at radius 2 is 1.93 bits per heavy atom. The lowest BCUT2D eigenvalue weighted by atomic mass is 9.91. The molecule has 28 heavy (non-hydrogen) atoms. The molecule has 2 heterocycles. The summed E-state index contributed by atoms with van der Waals surface area (Å²) in [7, 11) is 2.49. The Kier molecular flexibility index (Phi) is 4.86. The molecule has 6 nitrogen and oxygen atoms in total. The fourth-order valence-corrected chi connectivity index (χ4v) is 3.21. The number of carbonyl (C=O) groups excluding carboxylic acids is 2. The van der Waals surface area contributed by atoms with E-state index in [1.165, 1.54) is 18.0 Å². The second-order valence-electron chi connectivity index (χ2n) is 6.47. The topological polar surface area (TPSA) is 67.2 Å². The highest BCUT2D eigenvalue weighted by Gasteiger charge is 2.47. The molecule has 0 saturated carbocycles. The van der Waals surface area contributed by atoms with Crippen LogP contribution in [-0.4, -0.2) is 40.1 Å². The van der Waals surface area contributed by atoms with Crippen LogP contribution < -0.4 is 5.32 Å². The third-order valence-corrected chi connectivity index (χ3v) is 4.58. The van der Waals surface area contributed by atoms with Crippen molar-refractivity contribution in [2.45, 2.75) is 12.1 Å². The van der Waals surface area contributed by atoms with Crippen LogP contribution in [0.3, 0.4) is 0 Å². The van der Waals surface area contributed by atoms with Crippen LogP contribution >= 0.6 is 0 Å². The third-order valence-electron chi connectivity index (χ3n) is 4.58. The highest BCUT2D eigenvalue weighted by Crippen LogP contribution is 2.37. The van der Waals surface area contributed by atoms with Crippen LogP contribution in [0.5, 0.6) is 0 Å². The molecule has 0 aliphatic carbocycles. The van der Waals surface area contributed by atoms with Gasteiger partial charge in [-0.25, -0.2) is 8.78 Å². The molecule has 2 atom stereocenters. The Bertz CT molecular complexity index is 940. The minimum absolute atomic E-state index is 0.0448. The second kappa shape index (κ2) is 6.88. The lowest BCUT2D eigenvalue weighted by Gasteiger charge is -2.15. The van der Waals surface area contributed by atoms with Crippen LogP contribution in [-0.2, 0) is 22.8 Å². The largest absolute Gasteiger partial charge is 0.433 e. The molecule has 150 valence electrons. The number of hydrogen-bond acceptors (Lipinski definition) is 3. The summed E-state index contributed by atoms with van der Waals surface area (Å²) in [4.78, 5) is 26.2. The number of halogens is 5. The minimum atomic E-state index is -4.66. The van der Waals surface area contributed by atoms with E-state index >= 15 is 0 Å². The Labute approximate surface area is 155 Å². The lowest BCUT2D eigenvalue weighted by Crippen LogP contribution is -2.33. The van der Waals surface area contributed by atoms with E-state index in [-0.39, 0.29) is 12.2 Å². The van der Waals surface area contributed by atoms with Gasteiger partial charge in [-0.3, -0.25) is 14.3 Å². The number of carbonyl (C=O) groups is 2. The standard InChI is InChI=1S/C17H15F5N4O2/c1-25-7-8(11-6-12(17(20,21)22)26(2)24-11)13(16(25)28)15(27)23-10-5-3-4-9(18)14(10)19/h3-6,8,13H,7H2,1-2H3,(H,23,27). The van der Waals surface area contributed by atoms with Crippen molar-refractivity contribution in [3.05, 3.63) is 47.3 Å². The van der Waals surface area contributed by atoms with Gasteiger partial charge in [-0.15, -0.1) is 0 Å². The molecular weight excluding hydrogens is 387 g/mol. The summed E-state index contributed by atoms with van der Waals surface area (Å²) < 4.78 is 66.9.